The Bertz CT molecular complexity index is 1220. The van der Waals surface area contributed by atoms with Crippen molar-refractivity contribution in [3.8, 4) is 23.0 Å². The number of sulfonamides is 1. The highest BCUT2D eigenvalue weighted by Gasteiger charge is 2.23. The number of hydrogen-bond donors (Lipinski definition) is 1. The molecule has 3 aromatic rings. The molecular weight excluding hydrogens is 460 g/mol. The van der Waals surface area contributed by atoms with E-state index in [-0.39, 0.29) is 22.4 Å². The van der Waals surface area contributed by atoms with Crippen LogP contribution in [0.2, 0.25) is 0 Å². The molecule has 34 heavy (non-hydrogen) atoms. The van der Waals surface area contributed by atoms with Crippen LogP contribution in [0.15, 0.2) is 51.8 Å². The Morgan fingerprint density at radius 3 is 2.26 bits per heavy atom. The second kappa shape index (κ2) is 11.1. The first-order valence-corrected chi connectivity index (χ1v) is 12.3. The van der Waals surface area contributed by atoms with E-state index in [9.17, 15) is 13.2 Å². The summed E-state index contributed by atoms with van der Waals surface area (Å²) >= 11 is 0. The third kappa shape index (κ3) is 5.54. The summed E-state index contributed by atoms with van der Waals surface area (Å²) in [5.74, 6) is 0.715. The molecule has 0 unspecified atom stereocenters. The van der Waals surface area contributed by atoms with Crippen LogP contribution >= 0.6 is 0 Å². The molecule has 0 spiro atoms. The maximum absolute atomic E-state index is 12.9. The first kappa shape index (κ1) is 25.2. The van der Waals surface area contributed by atoms with E-state index in [1.54, 1.807) is 25.3 Å². The second-order valence-electron chi connectivity index (χ2n) is 7.36. The van der Waals surface area contributed by atoms with Crippen molar-refractivity contribution in [1.82, 2.24) is 14.5 Å². The molecule has 3 rings (SSSR count). The van der Waals surface area contributed by atoms with Crippen LogP contribution in [0.4, 0.5) is 6.01 Å². The zero-order chi connectivity index (χ0) is 24.7. The van der Waals surface area contributed by atoms with Gasteiger partial charge in [-0.1, -0.05) is 18.9 Å². The van der Waals surface area contributed by atoms with E-state index in [1.807, 2.05) is 13.8 Å². The van der Waals surface area contributed by atoms with E-state index < -0.39 is 15.9 Å². The third-order valence-corrected chi connectivity index (χ3v) is 6.90. The van der Waals surface area contributed by atoms with Crippen LogP contribution in [0, 0.1) is 0 Å². The maximum Gasteiger partial charge on any atom is 0.322 e. The van der Waals surface area contributed by atoms with Gasteiger partial charge >= 0.3 is 6.01 Å². The van der Waals surface area contributed by atoms with Gasteiger partial charge in [0.15, 0.2) is 0 Å². The zero-order valence-corrected chi connectivity index (χ0v) is 20.4. The number of methoxy groups -OCH3 is 2. The zero-order valence-electron chi connectivity index (χ0n) is 19.6. The fourth-order valence-electron chi connectivity index (χ4n) is 3.31. The van der Waals surface area contributed by atoms with Gasteiger partial charge in [0.1, 0.15) is 11.5 Å². The minimum Gasteiger partial charge on any atom is -0.497 e. The lowest BCUT2D eigenvalue weighted by atomic mass is 10.2. The van der Waals surface area contributed by atoms with Crippen LogP contribution < -0.4 is 14.8 Å². The molecule has 0 fully saturated rings. The highest BCUT2D eigenvalue weighted by molar-refractivity contribution is 7.89. The van der Waals surface area contributed by atoms with Crippen molar-refractivity contribution >= 4 is 21.9 Å². The molecule has 182 valence electrons. The molecule has 0 radical (unpaired) electrons. The largest absolute Gasteiger partial charge is 0.497 e. The molecular formula is C23H28N4O6S. The van der Waals surface area contributed by atoms with Crippen molar-refractivity contribution in [1.29, 1.82) is 0 Å². The fraction of sp³-hybridized carbons (Fsp3) is 0.348. The molecule has 0 bridgehead atoms. The Labute approximate surface area is 198 Å². The predicted molar refractivity (Wildman–Crippen MR) is 127 cm³/mol. The first-order chi connectivity index (χ1) is 16.3. The quantitative estimate of drug-likeness (QED) is 0.432. The number of carbonyl (C=O) groups is 1. The average Bonchev–Trinajstić information content (AvgIpc) is 3.31. The molecule has 10 nitrogen and oxygen atoms in total. The molecule has 0 saturated heterocycles. The van der Waals surface area contributed by atoms with Gasteiger partial charge in [-0.25, -0.2) is 8.42 Å². The molecule has 0 atom stereocenters. The Morgan fingerprint density at radius 1 is 1.00 bits per heavy atom. The van der Waals surface area contributed by atoms with Crippen molar-refractivity contribution < 1.29 is 27.1 Å². The summed E-state index contributed by atoms with van der Waals surface area (Å²) in [6, 6.07) is 10.7. The lowest BCUT2D eigenvalue weighted by Crippen LogP contribution is -2.32. The molecule has 0 aliphatic heterocycles. The van der Waals surface area contributed by atoms with Gasteiger partial charge in [-0.05, 0) is 49.2 Å². The Hall–Kier alpha value is -3.44. The molecule has 11 heteroatoms. The number of hydrogen-bond acceptors (Lipinski definition) is 8. The number of aromatic nitrogens is 2. The Kier molecular flexibility index (Phi) is 8.24. The van der Waals surface area contributed by atoms with Crippen LogP contribution in [-0.4, -0.2) is 56.1 Å². The highest BCUT2D eigenvalue weighted by atomic mass is 32.2. The normalized spacial score (nSPS) is 11.4. The monoisotopic (exact) mass is 488 g/mol. The topological polar surface area (TPSA) is 124 Å². The van der Waals surface area contributed by atoms with Crippen molar-refractivity contribution in [2.75, 3.05) is 32.6 Å². The second-order valence-corrected chi connectivity index (χ2v) is 9.30. The van der Waals surface area contributed by atoms with Gasteiger partial charge in [0.25, 0.3) is 11.8 Å². The first-order valence-electron chi connectivity index (χ1n) is 10.8. The summed E-state index contributed by atoms with van der Waals surface area (Å²) in [6.07, 6.45) is 1.43. The van der Waals surface area contributed by atoms with Crippen molar-refractivity contribution in [3.05, 3.63) is 48.0 Å². The van der Waals surface area contributed by atoms with E-state index in [1.165, 1.54) is 35.7 Å². The van der Waals surface area contributed by atoms with Gasteiger partial charge in [0.2, 0.25) is 10.0 Å². The van der Waals surface area contributed by atoms with Crippen molar-refractivity contribution in [2.45, 2.75) is 31.6 Å². The minimum absolute atomic E-state index is 0.105. The summed E-state index contributed by atoms with van der Waals surface area (Å²) in [5.41, 5.74) is 0.785. The van der Waals surface area contributed by atoms with Crippen LogP contribution in [0.1, 0.15) is 37.0 Å². The Morgan fingerprint density at radius 2 is 1.68 bits per heavy atom. The molecule has 1 aromatic heterocycles. The summed E-state index contributed by atoms with van der Waals surface area (Å²) in [4.78, 5) is 12.8. The summed E-state index contributed by atoms with van der Waals surface area (Å²) in [5, 5.41) is 10.3. The SMILES string of the molecule is CCCN(CCC)S(=O)(=O)c1ccc(C(=O)Nc2nnc(-c3ccc(OC)cc3OC)o2)cc1. The van der Waals surface area contributed by atoms with Gasteiger partial charge in [-0.2, -0.15) is 4.31 Å². The minimum atomic E-state index is -3.63. The van der Waals surface area contributed by atoms with E-state index in [0.717, 1.165) is 0 Å². The average molecular weight is 489 g/mol. The lowest BCUT2D eigenvalue weighted by molar-refractivity contribution is 0.102. The van der Waals surface area contributed by atoms with Crippen molar-refractivity contribution in [2.24, 2.45) is 0 Å². The third-order valence-electron chi connectivity index (χ3n) is 4.98. The number of anilines is 1. The number of nitrogens with one attached hydrogen (secondary N) is 1. The molecule has 1 N–H and O–H groups in total. The summed E-state index contributed by atoms with van der Waals surface area (Å²) in [7, 11) is -0.576. The molecule has 2 aromatic carbocycles. The number of nitrogens with zero attached hydrogens (tertiary/aromatic N) is 3. The van der Waals surface area contributed by atoms with Gasteiger partial charge in [0.05, 0.1) is 24.7 Å². The number of ether oxygens (including phenoxy) is 2. The standard InChI is InChI=1S/C23H28N4O6S/c1-5-13-27(14-6-2)34(29,30)18-10-7-16(8-11-18)21(28)24-23-26-25-22(33-23)19-12-9-17(31-3)15-20(19)32-4/h7-12,15H,5-6,13-14H2,1-4H3,(H,24,26,28). The number of carbonyl (C=O) groups excluding carboxylic acids is 1. The van der Waals surface area contributed by atoms with E-state index in [4.69, 9.17) is 13.9 Å². The Balaban J connectivity index is 1.74. The molecule has 1 heterocycles. The van der Waals surface area contributed by atoms with Gasteiger partial charge in [-0.3, -0.25) is 10.1 Å². The molecule has 0 aliphatic rings. The highest BCUT2D eigenvalue weighted by Crippen LogP contribution is 2.33. The van der Waals surface area contributed by atoms with Gasteiger partial charge in [0, 0.05) is 24.7 Å². The van der Waals surface area contributed by atoms with Gasteiger partial charge < -0.3 is 13.9 Å². The van der Waals surface area contributed by atoms with Crippen LogP contribution in [0.5, 0.6) is 11.5 Å². The number of rotatable bonds is 11. The molecule has 0 aliphatic carbocycles. The smallest absolute Gasteiger partial charge is 0.322 e. The fourth-order valence-corrected chi connectivity index (χ4v) is 4.93. The summed E-state index contributed by atoms with van der Waals surface area (Å²) < 4.78 is 43.3. The van der Waals surface area contributed by atoms with E-state index >= 15 is 0 Å². The molecule has 0 saturated carbocycles. The van der Waals surface area contributed by atoms with Crippen molar-refractivity contribution in [3.63, 3.8) is 0 Å². The van der Waals surface area contributed by atoms with E-state index in [2.05, 4.69) is 15.5 Å². The van der Waals surface area contributed by atoms with E-state index in [0.29, 0.717) is 43.0 Å². The maximum atomic E-state index is 12.9. The number of benzene rings is 2. The molecule has 1 amide bonds. The van der Waals surface area contributed by atoms with Crippen LogP contribution in [0.25, 0.3) is 11.5 Å². The van der Waals surface area contributed by atoms with Crippen LogP contribution in [-0.2, 0) is 10.0 Å². The van der Waals surface area contributed by atoms with Gasteiger partial charge in [-0.15, -0.1) is 5.10 Å². The lowest BCUT2D eigenvalue weighted by Gasteiger charge is -2.21. The van der Waals surface area contributed by atoms with Crippen LogP contribution in [0.3, 0.4) is 0 Å². The predicted octanol–water partition coefficient (Wildman–Crippen LogP) is 3.82. The summed E-state index contributed by atoms with van der Waals surface area (Å²) in [6.45, 7) is 4.74. The number of amides is 1.